The second-order valence-corrected chi connectivity index (χ2v) is 4.58. The van der Waals surface area contributed by atoms with Gasteiger partial charge in [-0.1, -0.05) is 20.8 Å². The molecule has 2 atom stereocenters. The summed E-state index contributed by atoms with van der Waals surface area (Å²) in [6.45, 7) is 8.69. The van der Waals surface area contributed by atoms with Crippen LogP contribution in [-0.2, 0) is 9.53 Å². The first-order chi connectivity index (χ1) is 5.89. The zero-order valence-corrected chi connectivity index (χ0v) is 9.10. The maximum atomic E-state index is 11.7. The summed E-state index contributed by atoms with van der Waals surface area (Å²) in [5.41, 5.74) is -0.101. The second-order valence-electron chi connectivity index (χ2n) is 4.58. The van der Waals surface area contributed by atoms with Crippen molar-refractivity contribution in [2.45, 2.75) is 27.7 Å². The van der Waals surface area contributed by atoms with E-state index >= 15 is 0 Å². The molecule has 1 amide bonds. The minimum absolute atomic E-state index is 0.104. The SMILES string of the molecule is COCNC(=O)C1(C)C(C)C1(C)C. The van der Waals surface area contributed by atoms with E-state index in [-0.39, 0.29) is 16.7 Å². The zero-order valence-electron chi connectivity index (χ0n) is 9.10. The van der Waals surface area contributed by atoms with Crippen LogP contribution in [0.3, 0.4) is 0 Å². The van der Waals surface area contributed by atoms with Crippen LogP contribution < -0.4 is 5.32 Å². The summed E-state index contributed by atoms with van der Waals surface area (Å²) in [4.78, 5) is 11.7. The number of rotatable bonds is 3. The second kappa shape index (κ2) is 2.98. The number of hydrogen-bond acceptors (Lipinski definition) is 2. The third-order valence-corrected chi connectivity index (χ3v) is 4.05. The van der Waals surface area contributed by atoms with Crippen LogP contribution >= 0.6 is 0 Å². The predicted octanol–water partition coefficient (Wildman–Crippen LogP) is 1.39. The largest absolute Gasteiger partial charge is 0.364 e. The van der Waals surface area contributed by atoms with Gasteiger partial charge < -0.3 is 10.1 Å². The molecule has 0 aliphatic heterocycles. The Kier molecular flexibility index (Phi) is 2.41. The van der Waals surface area contributed by atoms with Crippen LogP contribution in [0.4, 0.5) is 0 Å². The van der Waals surface area contributed by atoms with E-state index < -0.39 is 0 Å². The van der Waals surface area contributed by atoms with E-state index in [1.165, 1.54) is 0 Å². The normalized spacial score (nSPS) is 35.6. The van der Waals surface area contributed by atoms with Crippen LogP contribution in [0.1, 0.15) is 27.7 Å². The van der Waals surface area contributed by atoms with Gasteiger partial charge in [0.15, 0.2) is 0 Å². The van der Waals surface area contributed by atoms with Gasteiger partial charge in [0, 0.05) is 7.11 Å². The maximum absolute atomic E-state index is 11.7. The standard InChI is InChI=1S/C10H19NO2/c1-7-9(2,3)10(7,4)8(12)11-6-13-5/h7H,6H2,1-5H3,(H,11,12). The van der Waals surface area contributed by atoms with Gasteiger partial charge in [0.05, 0.1) is 5.41 Å². The highest BCUT2D eigenvalue weighted by molar-refractivity contribution is 5.87. The Bertz CT molecular complexity index is 225. The highest BCUT2D eigenvalue weighted by Crippen LogP contribution is 2.68. The van der Waals surface area contributed by atoms with Crippen molar-refractivity contribution >= 4 is 5.91 Å². The summed E-state index contributed by atoms with van der Waals surface area (Å²) >= 11 is 0. The summed E-state index contributed by atoms with van der Waals surface area (Å²) < 4.78 is 4.81. The van der Waals surface area contributed by atoms with Gasteiger partial charge in [0.2, 0.25) is 5.91 Å². The van der Waals surface area contributed by atoms with E-state index in [1.807, 2.05) is 6.92 Å². The van der Waals surface area contributed by atoms with Gasteiger partial charge in [-0.3, -0.25) is 4.79 Å². The number of amides is 1. The minimum atomic E-state index is -0.217. The van der Waals surface area contributed by atoms with Crippen molar-refractivity contribution in [3.8, 4) is 0 Å². The molecule has 1 saturated carbocycles. The van der Waals surface area contributed by atoms with E-state index in [0.29, 0.717) is 12.6 Å². The first-order valence-corrected chi connectivity index (χ1v) is 4.66. The summed E-state index contributed by atoms with van der Waals surface area (Å²) in [5.74, 6) is 0.545. The Hall–Kier alpha value is -0.570. The van der Waals surface area contributed by atoms with Gasteiger partial charge in [-0.25, -0.2) is 0 Å². The van der Waals surface area contributed by atoms with Crippen molar-refractivity contribution in [2.75, 3.05) is 13.8 Å². The van der Waals surface area contributed by atoms with Crippen molar-refractivity contribution in [3.63, 3.8) is 0 Å². The molecule has 0 heterocycles. The fourth-order valence-corrected chi connectivity index (χ4v) is 2.08. The Morgan fingerprint density at radius 1 is 1.46 bits per heavy atom. The number of carbonyl (C=O) groups is 1. The predicted molar refractivity (Wildman–Crippen MR) is 51.1 cm³/mol. The Morgan fingerprint density at radius 3 is 2.23 bits per heavy atom. The molecule has 0 aromatic carbocycles. The Labute approximate surface area is 79.8 Å². The summed E-state index contributed by atoms with van der Waals surface area (Å²) in [6, 6.07) is 0. The lowest BCUT2D eigenvalue weighted by atomic mass is 9.97. The van der Waals surface area contributed by atoms with Crippen molar-refractivity contribution in [1.29, 1.82) is 0 Å². The third kappa shape index (κ3) is 1.26. The zero-order chi connectivity index (χ0) is 10.3. The van der Waals surface area contributed by atoms with Crippen LogP contribution in [0, 0.1) is 16.7 Å². The molecule has 13 heavy (non-hydrogen) atoms. The van der Waals surface area contributed by atoms with E-state index in [0.717, 1.165) is 0 Å². The number of methoxy groups -OCH3 is 1. The number of carbonyl (C=O) groups excluding carboxylic acids is 1. The molecule has 0 bridgehead atoms. The molecular weight excluding hydrogens is 166 g/mol. The maximum Gasteiger partial charge on any atom is 0.228 e. The molecule has 76 valence electrons. The van der Waals surface area contributed by atoms with Crippen LogP contribution in [0.15, 0.2) is 0 Å². The quantitative estimate of drug-likeness (QED) is 0.675. The van der Waals surface area contributed by atoms with Gasteiger partial charge >= 0.3 is 0 Å². The van der Waals surface area contributed by atoms with Crippen molar-refractivity contribution < 1.29 is 9.53 Å². The molecule has 2 unspecified atom stereocenters. The smallest absolute Gasteiger partial charge is 0.228 e. The molecule has 0 aromatic rings. The molecule has 1 N–H and O–H groups in total. The minimum Gasteiger partial charge on any atom is -0.364 e. The highest BCUT2D eigenvalue weighted by atomic mass is 16.5. The van der Waals surface area contributed by atoms with Crippen molar-refractivity contribution in [2.24, 2.45) is 16.7 Å². The molecule has 0 saturated heterocycles. The van der Waals surface area contributed by atoms with E-state index in [1.54, 1.807) is 7.11 Å². The highest BCUT2D eigenvalue weighted by Gasteiger charge is 2.69. The van der Waals surface area contributed by atoms with Crippen LogP contribution in [0.2, 0.25) is 0 Å². The van der Waals surface area contributed by atoms with E-state index in [4.69, 9.17) is 4.74 Å². The van der Waals surface area contributed by atoms with Gasteiger partial charge in [-0.15, -0.1) is 0 Å². The topological polar surface area (TPSA) is 38.3 Å². The average molecular weight is 185 g/mol. The van der Waals surface area contributed by atoms with Crippen LogP contribution in [0.5, 0.6) is 0 Å². The molecule has 1 rings (SSSR count). The molecule has 0 radical (unpaired) electrons. The number of ether oxygens (including phenoxy) is 1. The van der Waals surface area contributed by atoms with Gasteiger partial charge in [0.25, 0.3) is 0 Å². The first-order valence-electron chi connectivity index (χ1n) is 4.66. The summed E-state index contributed by atoms with van der Waals surface area (Å²) in [5, 5.41) is 2.76. The summed E-state index contributed by atoms with van der Waals surface area (Å²) in [7, 11) is 1.57. The Morgan fingerprint density at radius 2 is 1.92 bits per heavy atom. The molecule has 0 spiro atoms. The molecular formula is C10H19NO2. The monoisotopic (exact) mass is 185 g/mol. The first kappa shape index (κ1) is 10.5. The van der Waals surface area contributed by atoms with E-state index in [9.17, 15) is 4.79 Å². The van der Waals surface area contributed by atoms with Gasteiger partial charge in [-0.2, -0.15) is 0 Å². The number of nitrogens with one attached hydrogen (secondary N) is 1. The third-order valence-electron chi connectivity index (χ3n) is 4.05. The lowest BCUT2D eigenvalue weighted by Crippen LogP contribution is -2.34. The van der Waals surface area contributed by atoms with Crippen LogP contribution in [0.25, 0.3) is 0 Å². The molecule has 1 fully saturated rings. The van der Waals surface area contributed by atoms with Crippen LogP contribution in [-0.4, -0.2) is 19.7 Å². The fourth-order valence-electron chi connectivity index (χ4n) is 2.08. The molecule has 0 aromatic heterocycles. The molecule has 3 heteroatoms. The lowest BCUT2D eigenvalue weighted by molar-refractivity contribution is -0.128. The summed E-state index contributed by atoms with van der Waals surface area (Å²) in [6.07, 6.45) is 0. The van der Waals surface area contributed by atoms with Crippen molar-refractivity contribution in [3.05, 3.63) is 0 Å². The number of hydrogen-bond donors (Lipinski definition) is 1. The van der Waals surface area contributed by atoms with Gasteiger partial charge in [-0.05, 0) is 18.3 Å². The fraction of sp³-hybridized carbons (Fsp3) is 0.900. The molecule has 1 aliphatic rings. The van der Waals surface area contributed by atoms with Crippen molar-refractivity contribution in [1.82, 2.24) is 5.32 Å². The molecule has 3 nitrogen and oxygen atoms in total. The Balaban J connectivity index is 2.59. The molecule has 1 aliphatic carbocycles. The van der Waals surface area contributed by atoms with E-state index in [2.05, 4.69) is 26.1 Å². The lowest BCUT2D eigenvalue weighted by Gasteiger charge is -2.14. The average Bonchev–Trinajstić information content (AvgIpc) is 2.47. The van der Waals surface area contributed by atoms with Gasteiger partial charge in [0.1, 0.15) is 6.73 Å².